The summed E-state index contributed by atoms with van der Waals surface area (Å²) in [5.41, 5.74) is -0.0223. The van der Waals surface area contributed by atoms with Gasteiger partial charge in [-0.3, -0.25) is 9.59 Å². The molecule has 1 fully saturated rings. The normalized spacial score (nSPS) is 15.3. The van der Waals surface area contributed by atoms with Gasteiger partial charge < -0.3 is 15.2 Å². The van der Waals surface area contributed by atoms with E-state index in [2.05, 4.69) is 5.32 Å². The quantitative estimate of drug-likeness (QED) is 0.849. The highest BCUT2D eigenvalue weighted by atomic mass is 16.5. The third-order valence-corrected chi connectivity index (χ3v) is 4.17. The van der Waals surface area contributed by atoms with Crippen LogP contribution in [-0.4, -0.2) is 30.6 Å². The van der Waals surface area contributed by atoms with Crippen LogP contribution in [0.25, 0.3) is 10.8 Å². The molecule has 1 aliphatic rings. The Bertz CT molecular complexity index is 749. The number of hydrogen-bond donors (Lipinski definition) is 2. The molecule has 5 nitrogen and oxygen atoms in total. The summed E-state index contributed by atoms with van der Waals surface area (Å²) in [5.74, 6) is -0.338. The Balaban J connectivity index is 1.80. The number of carbonyl (C=O) groups excluding carboxylic acids is 2. The molecule has 114 valence electrons. The van der Waals surface area contributed by atoms with Crippen LogP contribution in [0.3, 0.4) is 0 Å². The first kappa shape index (κ1) is 14.4. The van der Waals surface area contributed by atoms with Crippen LogP contribution in [0, 0.1) is 5.41 Å². The number of phenols is 1. The summed E-state index contributed by atoms with van der Waals surface area (Å²) in [4.78, 5) is 24.1. The number of ether oxygens (including phenoxy) is 1. The highest BCUT2D eigenvalue weighted by Crippen LogP contribution is 2.46. The average molecular weight is 299 g/mol. The monoisotopic (exact) mass is 299 g/mol. The molecule has 0 aliphatic heterocycles. The predicted molar refractivity (Wildman–Crippen MR) is 81.6 cm³/mol. The van der Waals surface area contributed by atoms with Crippen molar-refractivity contribution in [1.29, 1.82) is 0 Å². The van der Waals surface area contributed by atoms with E-state index < -0.39 is 5.41 Å². The second-order valence-corrected chi connectivity index (χ2v) is 5.67. The van der Waals surface area contributed by atoms with Gasteiger partial charge in [-0.2, -0.15) is 0 Å². The fraction of sp³-hybridized carbons (Fsp3) is 0.294. The summed E-state index contributed by atoms with van der Waals surface area (Å²) < 4.78 is 4.78. The molecule has 0 heterocycles. The lowest BCUT2D eigenvalue weighted by atomic mass is 10.0. The largest absolute Gasteiger partial charge is 0.508 e. The fourth-order valence-corrected chi connectivity index (χ4v) is 2.63. The molecule has 0 spiro atoms. The molecule has 0 atom stereocenters. The van der Waals surface area contributed by atoms with E-state index in [1.807, 2.05) is 6.07 Å². The van der Waals surface area contributed by atoms with Crippen molar-refractivity contribution >= 4 is 22.6 Å². The van der Waals surface area contributed by atoms with Crippen molar-refractivity contribution in [2.75, 3.05) is 13.7 Å². The highest BCUT2D eigenvalue weighted by molar-refractivity contribution is 6.07. The molecular formula is C17H17NO4. The Morgan fingerprint density at radius 3 is 2.73 bits per heavy atom. The molecule has 5 heteroatoms. The van der Waals surface area contributed by atoms with Crippen molar-refractivity contribution in [3.05, 3.63) is 42.0 Å². The molecule has 2 aromatic carbocycles. The summed E-state index contributed by atoms with van der Waals surface area (Å²) in [6.07, 6.45) is 1.48. The minimum Gasteiger partial charge on any atom is -0.508 e. The third-order valence-electron chi connectivity index (χ3n) is 4.17. The van der Waals surface area contributed by atoms with Crippen molar-refractivity contribution in [3.63, 3.8) is 0 Å². The molecule has 1 aliphatic carbocycles. The second kappa shape index (κ2) is 5.33. The number of methoxy groups -OCH3 is 1. The van der Waals surface area contributed by atoms with Gasteiger partial charge in [0.05, 0.1) is 12.5 Å². The zero-order valence-electron chi connectivity index (χ0n) is 12.3. The van der Waals surface area contributed by atoms with Crippen molar-refractivity contribution in [2.24, 2.45) is 5.41 Å². The number of rotatable bonds is 4. The Morgan fingerprint density at radius 1 is 1.27 bits per heavy atom. The van der Waals surface area contributed by atoms with Crippen molar-refractivity contribution in [1.82, 2.24) is 5.32 Å². The molecule has 3 rings (SSSR count). The van der Waals surface area contributed by atoms with E-state index in [0.29, 0.717) is 5.56 Å². The van der Waals surface area contributed by atoms with Gasteiger partial charge in [0.25, 0.3) is 5.91 Å². The SMILES string of the molecule is COC(=O)C1(CNC(=O)c2cccc3cc(O)ccc23)CC1. The molecule has 0 unspecified atom stereocenters. The molecule has 1 amide bonds. The number of carbonyl (C=O) groups is 2. The summed E-state index contributed by atoms with van der Waals surface area (Å²) in [6, 6.07) is 10.2. The lowest BCUT2D eigenvalue weighted by Crippen LogP contribution is -2.34. The molecule has 0 saturated heterocycles. The first-order chi connectivity index (χ1) is 10.6. The van der Waals surface area contributed by atoms with Gasteiger partial charge in [0.1, 0.15) is 5.75 Å². The van der Waals surface area contributed by atoms with Gasteiger partial charge in [-0.05, 0) is 47.9 Å². The Hall–Kier alpha value is -2.56. The van der Waals surface area contributed by atoms with E-state index in [4.69, 9.17) is 4.74 Å². The van der Waals surface area contributed by atoms with Crippen LogP contribution in [0.1, 0.15) is 23.2 Å². The van der Waals surface area contributed by atoms with Gasteiger partial charge in [0, 0.05) is 12.1 Å². The second-order valence-electron chi connectivity index (χ2n) is 5.67. The number of fused-ring (bicyclic) bond motifs is 1. The Labute approximate surface area is 127 Å². The van der Waals surface area contributed by atoms with E-state index in [9.17, 15) is 14.7 Å². The number of nitrogens with one attached hydrogen (secondary N) is 1. The number of esters is 1. The van der Waals surface area contributed by atoms with E-state index >= 15 is 0 Å². The first-order valence-electron chi connectivity index (χ1n) is 7.14. The van der Waals surface area contributed by atoms with E-state index in [1.54, 1.807) is 30.3 Å². The first-order valence-corrected chi connectivity index (χ1v) is 7.14. The smallest absolute Gasteiger partial charge is 0.313 e. The summed E-state index contributed by atoms with van der Waals surface area (Å²) >= 11 is 0. The van der Waals surface area contributed by atoms with Crippen molar-refractivity contribution in [2.45, 2.75) is 12.8 Å². The molecule has 2 aromatic rings. The number of phenolic OH excluding ortho intramolecular Hbond substituents is 1. The van der Waals surface area contributed by atoms with Crippen LogP contribution < -0.4 is 5.32 Å². The van der Waals surface area contributed by atoms with Crippen molar-refractivity contribution < 1.29 is 19.4 Å². The van der Waals surface area contributed by atoms with Gasteiger partial charge >= 0.3 is 5.97 Å². The van der Waals surface area contributed by atoms with Gasteiger partial charge in [-0.25, -0.2) is 0 Å². The van der Waals surface area contributed by atoms with Gasteiger partial charge in [-0.15, -0.1) is 0 Å². The molecule has 22 heavy (non-hydrogen) atoms. The fourth-order valence-electron chi connectivity index (χ4n) is 2.63. The summed E-state index contributed by atoms with van der Waals surface area (Å²) in [7, 11) is 1.36. The Morgan fingerprint density at radius 2 is 2.05 bits per heavy atom. The topological polar surface area (TPSA) is 75.6 Å². The zero-order chi connectivity index (χ0) is 15.7. The maximum atomic E-state index is 12.4. The maximum Gasteiger partial charge on any atom is 0.313 e. The predicted octanol–water partition coefficient (Wildman–Crippen LogP) is 2.23. The van der Waals surface area contributed by atoms with E-state index in [0.717, 1.165) is 23.6 Å². The van der Waals surface area contributed by atoms with Crippen LogP contribution in [0.5, 0.6) is 5.75 Å². The van der Waals surface area contributed by atoms with Crippen LogP contribution >= 0.6 is 0 Å². The Kier molecular flexibility index (Phi) is 3.48. The van der Waals surface area contributed by atoms with Crippen molar-refractivity contribution in [3.8, 4) is 5.75 Å². The third kappa shape index (κ3) is 2.50. The standard InChI is InChI=1S/C17H17NO4/c1-22-16(21)17(7-8-17)10-18-15(20)14-4-2-3-11-9-12(19)5-6-13(11)14/h2-6,9,19H,7-8,10H2,1H3,(H,18,20). The minimum absolute atomic E-state index is 0.160. The van der Waals surface area contributed by atoms with Gasteiger partial charge in [0.2, 0.25) is 0 Å². The number of amides is 1. The van der Waals surface area contributed by atoms with E-state index in [1.165, 1.54) is 7.11 Å². The molecule has 0 bridgehead atoms. The molecular weight excluding hydrogens is 282 g/mol. The lowest BCUT2D eigenvalue weighted by molar-refractivity contribution is -0.146. The highest BCUT2D eigenvalue weighted by Gasteiger charge is 2.51. The van der Waals surface area contributed by atoms with Gasteiger partial charge in [0.15, 0.2) is 0 Å². The van der Waals surface area contributed by atoms with Crippen LogP contribution in [0.2, 0.25) is 0 Å². The van der Waals surface area contributed by atoms with Crippen LogP contribution in [0.4, 0.5) is 0 Å². The maximum absolute atomic E-state index is 12.4. The average Bonchev–Trinajstić information content (AvgIpc) is 3.32. The number of hydrogen-bond acceptors (Lipinski definition) is 4. The number of benzene rings is 2. The molecule has 1 saturated carbocycles. The van der Waals surface area contributed by atoms with E-state index in [-0.39, 0.29) is 24.2 Å². The molecule has 0 radical (unpaired) electrons. The van der Waals surface area contributed by atoms with Gasteiger partial charge in [-0.1, -0.05) is 12.1 Å². The van der Waals surface area contributed by atoms with Crippen LogP contribution in [0.15, 0.2) is 36.4 Å². The lowest BCUT2D eigenvalue weighted by Gasteiger charge is -2.14. The summed E-state index contributed by atoms with van der Waals surface area (Å²) in [5, 5.41) is 13.9. The van der Waals surface area contributed by atoms with Crippen LogP contribution in [-0.2, 0) is 9.53 Å². The minimum atomic E-state index is -0.548. The zero-order valence-corrected chi connectivity index (χ0v) is 12.3. The molecule has 0 aromatic heterocycles. The number of aromatic hydroxyl groups is 1. The molecule has 2 N–H and O–H groups in total. The summed E-state index contributed by atoms with van der Waals surface area (Å²) in [6.45, 7) is 0.285.